The molecule has 2 aromatic rings. The zero-order valence-electron chi connectivity index (χ0n) is 9.85. The molecule has 0 saturated carbocycles. The summed E-state index contributed by atoms with van der Waals surface area (Å²) < 4.78 is 0. The summed E-state index contributed by atoms with van der Waals surface area (Å²) in [6.07, 6.45) is 1.45. The molecule has 1 heterocycles. The molecule has 0 aliphatic carbocycles. The molecule has 5 heteroatoms. The Hall–Kier alpha value is -1.65. The Bertz CT molecular complexity index is 586. The van der Waals surface area contributed by atoms with E-state index in [1.807, 2.05) is 24.3 Å². The molecular formula is C13H13ClN2O2. The van der Waals surface area contributed by atoms with Crippen LogP contribution in [0, 0.1) is 0 Å². The lowest BCUT2D eigenvalue weighted by molar-refractivity contribution is 0.0923. The SMILES string of the molecule is CC(CO)NC(=O)c1cnc(Cl)c2ccccc12. The van der Waals surface area contributed by atoms with Crippen LogP contribution in [0.3, 0.4) is 0 Å². The zero-order chi connectivity index (χ0) is 13.1. The van der Waals surface area contributed by atoms with Crippen LogP contribution in [-0.2, 0) is 0 Å². The first kappa shape index (κ1) is 12.8. The van der Waals surface area contributed by atoms with E-state index in [4.69, 9.17) is 16.7 Å². The van der Waals surface area contributed by atoms with Crippen LogP contribution in [0.2, 0.25) is 5.15 Å². The van der Waals surface area contributed by atoms with Gasteiger partial charge in [0, 0.05) is 17.6 Å². The van der Waals surface area contributed by atoms with E-state index in [-0.39, 0.29) is 18.6 Å². The number of aliphatic hydroxyl groups excluding tert-OH is 1. The quantitative estimate of drug-likeness (QED) is 0.834. The number of aromatic nitrogens is 1. The highest BCUT2D eigenvalue weighted by Gasteiger charge is 2.14. The molecule has 0 saturated heterocycles. The van der Waals surface area contributed by atoms with E-state index in [1.165, 1.54) is 6.20 Å². The Morgan fingerprint density at radius 2 is 2.11 bits per heavy atom. The first-order valence-corrected chi connectivity index (χ1v) is 5.96. The molecule has 1 aromatic carbocycles. The number of hydrogen-bond donors (Lipinski definition) is 2. The van der Waals surface area contributed by atoms with Gasteiger partial charge in [-0.25, -0.2) is 4.98 Å². The van der Waals surface area contributed by atoms with Crippen LogP contribution in [0.15, 0.2) is 30.5 Å². The molecule has 0 bridgehead atoms. The highest BCUT2D eigenvalue weighted by molar-refractivity contribution is 6.34. The first-order valence-electron chi connectivity index (χ1n) is 5.58. The van der Waals surface area contributed by atoms with Crippen molar-refractivity contribution in [3.8, 4) is 0 Å². The second kappa shape index (κ2) is 5.33. The van der Waals surface area contributed by atoms with Crippen molar-refractivity contribution in [2.75, 3.05) is 6.61 Å². The predicted molar refractivity (Wildman–Crippen MR) is 70.8 cm³/mol. The van der Waals surface area contributed by atoms with Gasteiger partial charge in [-0.15, -0.1) is 0 Å². The van der Waals surface area contributed by atoms with Gasteiger partial charge in [0.15, 0.2) is 0 Å². The van der Waals surface area contributed by atoms with Crippen LogP contribution < -0.4 is 5.32 Å². The summed E-state index contributed by atoms with van der Waals surface area (Å²) in [5, 5.41) is 13.5. The van der Waals surface area contributed by atoms with Gasteiger partial charge in [-0.2, -0.15) is 0 Å². The molecule has 1 aromatic heterocycles. The molecule has 0 fully saturated rings. The lowest BCUT2D eigenvalue weighted by Gasteiger charge is -2.12. The van der Waals surface area contributed by atoms with Crippen molar-refractivity contribution in [2.24, 2.45) is 0 Å². The summed E-state index contributed by atoms with van der Waals surface area (Å²) in [4.78, 5) is 16.0. The standard InChI is InChI=1S/C13H13ClN2O2/c1-8(7-17)16-13(18)11-6-15-12(14)10-5-3-2-4-9(10)11/h2-6,8,17H,7H2,1H3,(H,16,18). The largest absolute Gasteiger partial charge is 0.394 e. The maximum Gasteiger partial charge on any atom is 0.253 e. The number of rotatable bonds is 3. The monoisotopic (exact) mass is 264 g/mol. The number of nitrogens with zero attached hydrogens (tertiary/aromatic N) is 1. The molecule has 4 nitrogen and oxygen atoms in total. The molecule has 1 amide bonds. The van der Waals surface area contributed by atoms with Gasteiger partial charge in [-0.05, 0) is 12.3 Å². The number of amides is 1. The Balaban J connectivity index is 2.45. The number of aliphatic hydroxyl groups is 1. The van der Waals surface area contributed by atoms with E-state index in [9.17, 15) is 4.79 Å². The lowest BCUT2D eigenvalue weighted by atomic mass is 10.1. The molecule has 2 rings (SSSR count). The molecule has 18 heavy (non-hydrogen) atoms. The number of hydrogen-bond acceptors (Lipinski definition) is 3. The Kier molecular flexibility index (Phi) is 3.79. The van der Waals surface area contributed by atoms with Gasteiger partial charge in [-0.1, -0.05) is 35.9 Å². The zero-order valence-corrected chi connectivity index (χ0v) is 10.6. The molecule has 1 atom stereocenters. The minimum absolute atomic E-state index is 0.106. The average molecular weight is 265 g/mol. The van der Waals surface area contributed by atoms with Crippen LogP contribution in [0.4, 0.5) is 0 Å². The Morgan fingerprint density at radius 1 is 1.44 bits per heavy atom. The van der Waals surface area contributed by atoms with Crippen molar-refractivity contribution in [1.29, 1.82) is 0 Å². The number of pyridine rings is 1. The van der Waals surface area contributed by atoms with Crippen molar-refractivity contribution in [3.05, 3.63) is 41.2 Å². The fourth-order valence-electron chi connectivity index (χ4n) is 1.69. The van der Waals surface area contributed by atoms with Crippen molar-refractivity contribution >= 4 is 28.3 Å². The summed E-state index contributed by atoms with van der Waals surface area (Å²) in [5.74, 6) is -0.267. The molecule has 94 valence electrons. The minimum atomic E-state index is -0.299. The molecule has 0 spiro atoms. The van der Waals surface area contributed by atoms with Crippen LogP contribution in [-0.4, -0.2) is 28.6 Å². The van der Waals surface area contributed by atoms with E-state index in [0.29, 0.717) is 10.7 Å². The molecular weight excluding hydrogens is 252 g/mol. The van der Waals surface area contributed by atoms with Crippen molar-refractivity contribution < 1.29 is 9.90 Å². The second-order valence-corrected chi connectivity index (χ2v) is 4.42. The van der Waals surface area contributed by atoms with E-state index >= 15 is 0 Å². The van der Waals surface area contributed by atoms with Crippen LogP contribution in [0.5, 0.6) is 0 Å². The summed E-state index contributed by atoms with van der Waals surface area (Å²) in [7, 11) is 0. The van der Waals surface area contributed by atoms with Crippen LogP contribution in [0.1, 0.15) is 17.3 Å². The van der Waals surface area contributed by atoms with Gasteiger partial charge in [-0.3, -0.25) is 4.79 Å². The lowest BCUT2D eigenvalue weighted by Crippen LogP contribution is -2.35. The van der Waals surface area contributed by atoms with Crippen LogP contribution >= 0.6 is 11.6 Å². The molecule has 0 radical (unpaired) electrons. The number of nitrogens with one attached hydrogen (secondary N) is 1. The summed E-state index contributed by atoms with van der Waals surface area (Å²) >= 11 is 5.98. The summed E-state index contributed by atoms with van der Waals surface area (Å²) in [6.45, 7) is 1.62. The molecule has 1 unspecified atom stereocenters. The van der Waals surface area contributed by atoms with E-state index in [1.54, 1.807) is 6.92 Å². The normalized spacial score (nSPS) is 12.4. The van der Waals surface area contributed by atoms with Crippen molar-refractivity contribution in [1.82, 2.24) is 10.3 Å². The van der Waals surface area contributed by atoms with Crippen LogP contribution in [0.25, 0.3) is 10.8 Å². The topological polar surface area (TPSA) is 62.2 Å². The highest BCUT2D eigenvalue weighted by Crippen LogP contribution is 2.24. The Labute approximate surface area is 110 Å². The number of fused-ring (bicyclic) bond motifs is 1. The van der Waals surface area contributed by atoms with E-state index in [0.717, 1.165) is 10.8 Å². The number of carbonyl (C=O) groups is 1. The van der Waals surface area contributed by atoms with Gasteiger partial charge >= 0.3 is 0 Å². The summed E-state index contributed by atoms with van der Waals surface area (Å²) in [6, 6.07) is 7.02. The number of halogens is 1. The fourth-order valence-corrected chi connectivity index (χ4v) is 1.90. The third kappa shape index (κ3) is 2.44. The highest BCUT2D eigenvalue weighted by atomic mass is 35.5. The summed E-state index contributed by atoms with van der Waals surface area (Å²) in [5.41, 5.74) is 0.454. The second-order valence-electron chi connectivity index (χ2n) is 4.07. The average Bonchev–Trinajstić information content (AvgIpc) is 2.39. The molecule has 0 aliphatic rings. The van der Waals surface area contributed by atoms with Gasteiger partial charge in [0.1, 0.15) is 5.15 Å². The maximum absolute atomic E-state index is 12.0. The first-order chi connectivity index (χ1) is 8.63. The van der Waals surface area contributed by atoms with Gasteiger partial charge < -0.3 is 10.4 Å². The smallest absolute Gasteiger partial charge is 0.253 e. The number of carbonyl (C=O) groups excluding carboxylic acids is 1. The maximum atomic E-state index is 12.0. The number of benzene rings is 1. The van der Waals surface area contributed by atoms with Crippen molar-refractivity contribution in [2.45, 2.75) is 13.0 Å². The third-order valence-corrected chi connectivity index (χ3v) is 2.94. The Morgan fingerprint density at radius 3 is 2.78 bits per heavy atom. The van der Waals surface area contributed by atoms with Crippen molar-refractivity contribution in [3.63, 3.8) is 0 Å². The predicted octanol–water partition coefficient (Wildman–Crippen LogP) is 2.00. The van der Waals surface area contributed by atoms with E-state index < -0.39 is 0 Å². The van der Waals surface area contributed by atoms with Gasteiger partial charge in [0.05, 0.1) is 12.2 Å². The molecule has 2 N–H and O–H groups in total. The fraction of sp³-hybridized carbons (Fsp3) is 0.231. The van der Waals surface area contributed by atoms with Gasteiger partial charge in [0.2, 0.25) is 0 Å². The molecule has 0 aliphatic heterocycles. The third-order valence-electron chi connectivity index (χ3n) is 2.64. The van der Waals surface area contributed by atoms with Gasteiger partial charge in [0.25, 0.3) is 5.91 Å². The minimum Gasteiger partial charge on any atom is -0.394 e. The van der Waals surface area contributed by atoms with E-state index in [2.05, 4.69) is 10.3 Å².